The molecule has 0 atom stereocenters. The van der Waals surface area contributed by atoms with Crippen LogP contribution in [0, 0.1) is 5.41 Å². The van der Waals surface area contributed by atoms with Crippen LogP contribution in [0.25, 0.3) is 11.0 Å². The van der Waals surface area contributed by atoms with Gasteiger partial charge in [-0.05, 0) is 32.4 Å². The van der Waals surface area contributed by atoms with Gasteiger partial charge in [0.15, 0.2) is 0 Å². The summed E-state index contributed by atoms with van der Waals surface area (Å²) in [5, 5.41) is 0. The Hall–Kier alpha value is -2.04. The highest BCUT2D eigenvalue weighted by molar-refractivity contribution is 5.78. The van der Waals surface area contributed by atoms with Gasteiger partial charge in [0.1, 0.15) is 0 Å². The first kappa shape index (κ1) is 15.4. The first-order valence-corrected chi connectivity index (χ1v) is 7.19. The highest BCUT2D eigenvalue weighted by Crippen LogP contribution is 2.22. The third-order valence-corrected chi connectivity index (χ3v) is 3.66. The predicted octanol–water partition coefficient (Wildman–Crippen LogP) is 2.41. The summed E-state index contributed by atoms with van der Waals surface area (Å²) in [5.74, 6) is -0.318. The highest BCUT2D eigenvalue weighted by Gasteiger charge is 2.31. The maximum Gasteiger partial charge on any atom is 0.329 e. The zero-order valence-corrected chi connectivity index (χ0v) is 13.0. The molecule has 0 N–H and O–H groups in total. The molecule has 1 aromatic carbocycles. The Bertz CT molecular complexity index is 710. The van der Waals surface area contributed by atoms with Crippen molar-refractivity contribution < 1.29 is 9.53 Å². The molecule has 0 radical (unpaired) electrons. The molecule has 2 rings (SSSR count). The van der Waals surface area contributed by atoms with Crippen molar-refractivity contribution in [2.45, 2.75) is 40.3 Å². The number of methoxy groups -OCH3 is 1. The van der Waals surface area contributed by atoms with Crippen LogP contribution in [0.1, 0.15) is 27.2 Å². The molecule has 5 heteroatoms. The van der Waals surface area contributed by atoms with Crippen molar-refractivity contribution in [2.24, 2.45) is 5.41 Å². The molecule has 0 saturated heterocycles. The normalized spacial score (nSPS) is 11.8. The van der Waals surface area contributed by atoms with Gasteiger partial charge in [0, 0.05) is 13.1 Å². The molecular weight excluding hydrogens is 268 g/mol. The predicted molar refractivity (Wildman–Crippen MR) is 82.3 cm³/mol. The van der Waals surface area contributed by atoms with Gasteiger partial charge < -0.3 is 4.74 Å². The van der Waals surface area contributed by atoms with Gasteiger partial charge in [0.2, 0.25) is 0 Å². The number of nitrogens with zero attached hydrogens (tertiary/aromatic N) is 2. The number of hydrogen-bond donors (Lipinski definition) is 0. The molecule has 0 unspecified atom stereocenters. The van der Waals surface area contributed by atoms with Crippen LogP contribution < -0.4 is 5.69 Å². The first-order chi connectivity index (χ1) is 9.92. The molecule has 2 aromatic rings. The lowest BCUT2D eigenvalue weighted by Crippen LogP contribution is -2.35. The fourth-order valence-electron chi connectivity index (χ4n) is 2.60. The molecule has 0 aliphatic carbocycles. The van der Waals surface area contributed by atoms with Gasteiger partial charge in [-0.3, -0.25) is 13.9 Å². The summed E-state index contributed by atoms with van der Waals surface area (Å²) in [6, 6.07) is 7.67. The van der Waals surface area contributed by atoms with E-state index in [1.165, 1.54) is 7.11 Å². The topological polar surface area (TPSA) is 53.2 Å². The van der Waals surface area contributed by atoms with Gasteiger partial charge in [-0.15, -0.1) is 0 Å². The molecule has 114 valence electrons. The molecule has 0 fully saturated rings. The van der Waals surface area contributed by atoms with Crippen LogP contribution in [0.4, 0.5) is 0 Å². The molecular formula is C16H22N2O3. The largest absolute Gasteiger partial charge is 0.469 e. The van der Waals surface area contributed by atoms with Gasteiger partial charge in [-0.2, -0.15) is 0 Å². The standard InChI is InChI=1S/C16H22N2O3/c1-5-10-17-12-8-6-7-9-13(12)18(15(17)20)11-16(2,3)14(19)21-4/h6-9H,5,10-11H2,1-4H3. The van der Waals surface area contributed by atoms with E-state index in [0.717, 1.165) is 17.5 Å². The maximum atomic E-state index is 12.6. The minimum Gasteiger partial charge on any atom is -0.469 e. The molecule has 0 bridgehead atoms. The van der Waals surface area contributed by atoms with Gasteiger partial charge in [-0.25, -0.2) is 4.79 Å². The smallest absolute Gasteiger partial charge is 0.329 e. The number of benzene rings is 1. The minimum absolute atomic E-state index is 0.0740. The minimum atomic E-state index is -0.750. The van der Waals surface area contributed by atoms with Crippen molar-refractivity contribution in [1.82, 2.24) is 9.13 Å². The average Bonchev–Trinajstić information content (AvgIpc) is 2.72. The molecule has 21 heavy (non-hydrogen) atoms. The number of carbonyl (C=O) groups is 1. The molecule has 5 nitrogen and oxygen atoms in total. The summed E-state index contributed by atoms with van der Waals surface area (Å²) >= 11 is 0. The van der Waals surface area contributed by atoms with E-state index in [9.17, 15) is 9.59 Å². The summed E-state index contributed by atoms with van der Waals surface area (Å²) in [6.45, 7) is 6.59. The Kier molecular flexibility index (Phi) is 4.21. The molecule has 0 amide bonds. The van der Waals surface area contributed by atoms with Crippen molar-refractivity contribution in [3.05, 3.63) is 34.7 Å². The van der Waals surface area contributed by atoms with Crippen molar-refractivity contribution in [1.29, 1.82) is 0 Å². The number of aromatic nitrogens is 2. The van der Waals surface area contributed by atoms with E-state index in [-0.39, 0.29) is 11.7 Å². The highest BCUT2D eigenvalue weighted by atomic mass is 16.5. The van der Waals surface area contributed by atoms with Crippen LogP contribution in [0.15, 0.2) is 29.1 Å². The van der Waals surface area contributed by atoms with E-state index in [2.05, 4.69) is 0 Å². The van der Waals surface area contributed by atoms with E-state index in [1.54, 1.807) is 23.0 Å². The summed E-state index contributed by atoms with van der Waals surface area (Å²) < 4.78 is 8.27. The number of para-hydroxylation sites is 2. The summed E-state index contributed by atoms with van der Waals surface area (Å²) in [4.78, 5) is 24.5. The quantitative estimate of drug-likeness (QED) is 0.795. The van der Waals surface area contributed by atoms with E-state index >= 15 is 0 Å². The number of fused-ring (bicyclic) bond motifs is 1. The lowest BCUT2D eigenvalue weighted by atomic mass is 9.93. The van der Waals surface area contributed by atoms with Crippen LogP contribution in [-0.4, -0.2) is 22.2 Å². The van der Waals surface area contributed by atoms with Crippen molar-refractivity contribution >= 4 is 17.0 Å². The van der Waals surface area contributed by atoms with Gasteiger partial charge in [-0.1, -0.05) is 19.1 Å². The lowest BCUT2D eigenvalue weighted by Gasteiger charge is -2.21. The second-order valence-electron chi connectivity index (χ2n) is 5.88. The Morgan fingerprint density at radius 2 is 1.76 bits per heavy atom. The van der Waals surface area contributed by atoms with Crippen LogP contribution in [0.5, 0.6) is 0 Å². The number of ether oxygens (including phenoxy) is 1. The summed E-state index contributed by atoms with van der Waals surface area (Å²) in [7, 11) is 1.37. The van der Waals surface area contributed by atoms with Crippen LogP contribution in [-0.2, 0) is 22.6 Å². The fraction of sp³-hybridized carbons (Fsp3) is 0.500. The van der Waals surface area contributed by atoms with Crippen LogP contribution in [0.3, 0.4) is 0 Å². The molecule has 1 heterocycles. The summed E-state index contributed by atoms with van der Waals surface area (Å²) in [6.07, 6.45) is 0.883. The van der Waals surface area contributed by atoms with E-state index in [0.29, 0.717) is 13.1 Å². The van der Waals surface area contributed by atoms with Crippen molar-refractivity contribution in [2.75, 3.05) is 7.11 Å². The number of rotatable bonds is 5. The number of esters is 1. The third kappa shape index (κ3) is 2.73. The zero-order chi connectivity index (χ0) is 15.6. The summed E-state index contributed by atoms with van der Waals surface area (Å²) in [5.41, 5.74) is 0.938. The number of imidazole rings is 1. The van der Waals surface area contributed by atoms with Crippen molar-refractivity contribution in [3.63, 3.8) is 0 Å². The van der Waals surface area contributed by atoms with Gasteiger partial charge in [0.25, 0.3) is 0 Å². The molecule has 0 spiro atoms. The van der Waals surface area contributed by atoms with E-state index in [1.807, 2.05) is 31.2 Å². The van der Waals surface area contributed by atoms with Gasteiger partial charge >= 0.3 is 11.7 Å². The second kappa shape index (κ2) is 5.76. The Morgan fingerprint density at radius 3 is 2.29 bits per heavy atom. The Balaban J connectivity index is 2.57. The molecule has 0 aliphatic heterocycles. The monoisotopic (exact) mass is 290 g/mol. The van der Waals surface area contributed by atoms with Crippen LogP contribution >= 0.6 is 0 Å². The second-order valence-corrected chi connectivity index (χ2v) is 5.88. The third-order valence-electron chi connectivity index (χ3n) is 3.66. The number of carbonyl (C=O) groups excluding carboxylic acids is 1. The molecule has 0 aliphatic rings. The van der Waals surface area contributed by atoms with Crippen LogP contribution in [0.2, 0.25) is 0 Å². The van der Waals surface area contributed by atoms with E-state index < -0.39 is 5.41 Å². The SMILES string of the molecule is CCCn1c(=O)n(CC(C)(C)C(=O)OC)c2ccccc21. The fourth-order valence-corrected chi connectivity index (χ4v) is 2.60. The zero-order valence-electron chi connectivity index (χ0n) is 13.0. The van der Waals surface area contributed by atoms with Gasteiger partial charge in [0.05, 0.1) is 23.6 Å². The van der Waals surface area contributed by atoms with E-state index in [4.69, 9.17) is 4.74 Å². The average molecular weight is 290 g/mol. The number of hydrogen-bond acceptors (Lipinski definition) is 3. The first-order valence-electron chi connectivity index (χ1n) is 7.19. The number of aryl methyl sites for hydroxylation is 1. The Morgan fingerprint density at radius 1 is 1.19 bits per heavy atom. The molecule has 1 aromatic heterocycles. The molecule has 0 saturated carbocycles. The maximum absolute atomic E-state index is 12.6. The Labute approximate surface area is 124 Å². The lowest BCUT2D eigenvalue weighted by molar-refractivity contribution is -0.151. The van der Waals surface area contributed by atoms with Crippen molar-refractivity contribution in [3.8, 4) is 0 Å².